The molecule has 0 radical (unpaired) electrons. The van der Waals surface area contributed by atoms with Gasteiger partial charge in [0.05, 0.1) is 17.9 Å². The number of hydrogen-bond donors (Lipinski definition) is 1. The van der Waals surface area contributed by atoms with E-state index in [1.807, 2.05) is 31.3 Å². The SMILES string of the molecule is CCOC(=O)NC1CCC2CC3(C=N/N=C\Cc4ccc(-c5cccc(F)c5)cn4)C(C)OC(=O)C3CC2C1. The van der Waals surface area contributed by atoms with Crippen molar-refractivity contribution in [1.82, 2.24) is 10.3 Å². The second-order valence-corrected chi connectivity index (χ2v) is 10.9. The topological polar surface area (TPSA) is 102 Å². The molecule has 3 fully saturated rings. The van der Waals surface area contributed by atoms with Crippen molar-refractivity contribution < 1.29 is 23.5 Å². The first-order valence-corrected chi connectivity index (χ1v) is 13.8. The van der Waals surface area contributed by atoms with E-state index < -0.39 is 5.41 Å². The fourth-order valence-corrected chi connectivity index (χ4v) is 6.56. The molecular weight excluding hydrogens is 499 g/mol. The molecule has 6 atom stereocenters. The second-order valence-electron chi connectivity index (χ2n) is 10.9. The Balaban J connectivity index is 1.21. The van der Waals surface area contributed by atoms with Crippen molar-refractivity contribution in [3.8, 4) is 11.1 Å². The van der Waals surface area contributed by atoms with Gasteiger partial charge in [0.15, 0.2) is 0 Å². The summed E-state index contributed by atoms with van der Waals surface area (Å²) in [6, 6.07) is 10.3. The first-order valence-electron chi connectivity index (χ1n) is 13.8. The summed E-state index contributed by atoms with van der Waals surface area (Å²) in [4.78, 5) is 29.2. The van der Waals surface area contributed by atoms with Crippen LogP contribution >= 0.6 is 0 Å². The van der Waals surface area contributed by atoms with Crippen LogP contribution in [0.2, 0.25) is 0 Å². The van der Waals surface area contributed by atoms with Gasteiger partial charge in [-0.1, -0.05) is 18.2 Å². The van der Waals surface area contributed by atoms with Crippen LogP contribution in [0, 0.1) is 29.0 Å². The zero-order valence-electron chi connectivity index (χ0n) is 22.4. The number of alkyl carbamates (subject to hydrolysis) is 1. The standard InChI is InChI=1S/C30H35FN4O4/c1-3-38-29(37)35-26-10-7-21-16-30(19(2)39-28(36)27(30)15-23(21)14-26)18-34-33-12-11-25-9-8-22(17-32-25)20-5-4-6-24(31)13-20/h4-6,8-9,12-13,17-19,21,23,26-27H,3,7,10-11,14-16H2,1-2H3,(H,35,37)/b33-12-,34-18?. The van der Waals surface area contributed by atoms with E-state index in [4.69, 9.17) is 9.47 Å². The molecule has 1 aromatic carbocycles. The molecule has 2 heterocycles. The van der Waals surface area contributed by atoms with Crippen LogP contribution in [0.4, 0.5) is 9.18 Å². The third-order valence-corrected chi connectivity index (χ3v) is 8.60. The summed E-state index contributed by atoms with van der Waals surface area (Å²) in [5.74, 6) is 0.0827. The van der Waals surface area contributed by atoms with Gasteiger partial charge in [-0.2, -0.15) is 10.2 Å². The van der Waals surface area contributed by atoms with Crippen LogP contribution < -0.4 is 5.32 Å². The van der Waals surface area contributed by atoms with Crippen molar-refractivity contribution in [3.63, 3.8) is 0 Å². The number of ether oxygens (including phenoxy) is 2. The van der Waals surface area contributed by atoms with Gasteiger partial charge in [-0.3, -0.25) is 9.78 Å². The Kier molecular flexibility index (Phi) is 8.04. The number of nitrogens with one attached hydrogen (secondary N) is 1. The lowest BCUT2D eigenvalue weighted by molar-refractivity contribution is -0.144. The Labute approximate surface area is 228 Å². The monoisotopic (exact) mass is 534 g/mol. The quantitative estimate of drug-likeness (QED) is 0.293. The Bertz CT molecular complexity index is 1250. The highest BCUT2D eigenvalue weighted by Gasteiger charge is 2.59. The number of pyridine rings is 1. The Morgan fingerprint density at radius 1 is 1.21 bits per heavy atom. The zero-order valence-corrected chi connectivity index (χ0v) is 22.4. The lowest BCUT2D eigenvalue weighted by Crippen LogP contribution is -2.49. The van der Waals surface area contributed by atoms with Crippen LogP contribution in [-0.2, 0) is 20.7 Å². The molecule has 5 rings (SSSR count). The number of amides is 1. The van der Waals surface area contributed by atoms with Crippen molar-refractivity contribution in [2.24, 2.45) is 33.4 Å². The summed E-state index contributed by atoms with van der Waals surface area (Å²) >= 11 is 0. The van der Waals surface area contributed by atoms with Gasteiger partial charge in [-0.15, -0.1) is 0 Å². The molecule has 2 saturated carbocycles. The van der Waals surface area contributed by atoms with Crippen molar-refractivity contribution in [2.75, 3.05) is 6.61 Å². The highest BCUT2D eigenvalue weighted by atomic mass is 19.1. The van der Waals surface area contributed by atoms with Gasteiger partial charge in [0.1, 0.15) is 11.9 Å². The van der Waals surface area contributed by atoms with Gasteiger partial charge < -0.3 is 14.8 Å². The molecule has 0 spiro atoms. The molecule has 39 heavy (non-hydrogen) atoms. The molecule has 1 N–H and O–H groups in total. The van der Waals surface area contributed by atoms with Crippen LogP contribution in [0.1, 0.15) is 51.6 Å². The number of nitrogens with zero attached hydrogens (tertiary/aromatic N) is 3. The number of benzene rings is 1. The number of carbonyl (C=O) groups is 2. The molecule has 3 aliphatic rings. The minimum atomic E-state index is -0.470. The number of carbonyl (C=O) groups excluding carboxylic acids is 2. The average molecular weight is 535 g/mol. The number of hydrogen-bond acceptors (Lipinski definition) is 7. The van der Waals surface area contributed by atoms with Gasteiger partial charge in [0, 0.05) is 42.3 Å². The molecule has 1 amide bonds. The first-order chi connectivity index (χ1) is 18.9. The zero-order chi connectivity index (χ0) is 27.4. The molecule has 8 nitrogen and oxygen atoms in total. The predicted octanol–water partition coefficient (Wildman–Crippen LogP) is 5.36. The fourth-order valence-electron chi connectivity index (χ4n) is 6.56. The summed E-state index contributed by atoms with van der Waals surface area (Å²) in [6.07, 6.45) is 9.40. The summed E-state index contributed by atoms with van der Waals surface area (Å²) < 4.78 is 24.3. The molecule has 6 unspecified atom stereocenters. The Morgan fingerprint density at radius 3 is 2.85 bits per heavy atom. The van der Waals surface area contributed by atoms with E-state index in [2.05, 4.69) is 20.5 Å². The van der Waals surface area contributed by atoms with Crippen LogP contribution in [0.25, 0.3) is 11.1 Å². The van der Waals surface area contributed by atoms with Crippen molar-refractivity contribution in [3.05, 3.63) is 54.1 Å². The summed E-state index contributed by atoms with van der Waals surface area (Å²) in [5, 5.41) is 11.6. The highest BCUT2D eigenvalue weighted by molar-refractivity contribution is 5.85. The minimum Gasteiger partial charge on any atom is -0.461 e. The lowest BCUT2D eigenvalue weighted by atomic mass is 9.55. The van der Waals surface area contributed by atoms with Crippen molar-refractivity contribution in [1.29, 1.82) is 0 Å². The van der Waals surface area contributed by atoms with Crippen LogP contribution in [0.15, 0.2) is 52.8 Å². The van der Waals surface area contributed by atoms with Crippen molar-refractivity contribution in [2.45, 2.75) is 64.5 Å². The number of esters is 1. The summed E-state index contributed by atoms with van der Waals surface area (Å²) in [7, 11) is 0. The molecule has 2 aliphatic carbocycles. The van der Waals surface area contributed by atoms with Crippen LogP contribution in [0.3, 0.4) is 0 Å². The lowest BCUT2D eigenvalue weighted by Gasteiger charge is -2.47. The third kappa shape index (κ3) is 5.87. The van der Waals surface area contributed by atoms with Crippen LogP contribution in [0.5, 0.6) is 0 Å². The average Bonchev–Trinajstić information content (AvgIpc) is 3.16. The Morgan fingerprint density at radius 2 is 2.08 bits per heavy atom. The fraction of sp³-hybridized carbons (Fsp3) is 0.500. The number of fused-ring (bicyclic) bond motifs is 2. The number of cyclic esters (lactones) is 1. The third-order valence-electron chi connectivity index (χ3n) is 8.60. The van der Waals surface area contributed by atoms with Gasteiger partial charge in [0.2, 0.25) is 0 Å². The van der Waals surface area contributed by atoms with E-state index in [9.17, 15) is 14.0 Å². The number of aromatic nitrogens is 1. The second kappa shape index (κ2) is 11.6. The molecular formula is C30H35FN4O4. The number of halogens is 1. The normalized spacial score (nSPS) is 30.1. The summed E-state index contributed by atoms with van der Waals surface area (Å²) in [5.41, 5.74) is 1.98. The van der Waals surface area contributed by atoms with Gasteiger partial charge in [-0.05, 0) is 81.5 Å². The largest absolute Gasteiger partial charge is 0.461 e. The van der Waals surface area contributed by atoms with E-state index in [-0.39, 0.29) is 35.9 Å². The van der Waals surface area contributed by atoms with Gasteiger partial charge in [-0.25, -0.2) is 9.18 Å². The number of rotatable bonds is 7. The Hall–Kier alpha value is -3.62. The molecule has 1 aromatic heterocycles. The van der Waals surface area contributed by atoms with Crippen LogP contribution in [-0.4, -0.2) is 48.2 Å². The van der Waals surface area contributed by atoms with E-state index in [1.54, 1.807) is 25.4 Å². The minimum absolute atomic E-state index is 0.0717. The smallest absolute Gasteiger partial charge is 0.407 e. The molecule has 0 bridgehead atoms. The highest BCUT2D eigenvalue weighted by Crippen LogP contribution is 2.56. The van der Waals surface area contributed by atoms with E-state index in [0.717, 1.165) is 48.9 Å². The predicted molar refractivity (Wildman–Crippen MR) is 146 cm³/mol. The van der Waals surface area contributed by atoms with E-state index in [0.29, 0.717) is 24.9 Å². The maximum atomic E-state index is 13.5. The molecule has 9 heteroatoms. The van der Waals surface area contributed by atoms with E-state index >= 15 is 0 Å². The summed E-state index contributed by atoms with van der Waals surface area (Å²) in [6.45, 7) is 4.09. The molecule has 2 aromatic rings. The first kappa shape index (κ1) is 27.0. The van der Waals surface area contributed by atoms with E-state index in [1.165, 1.54) is 12.1 Å². The maximum Gasteiger partial charge on any atom is 0.407 e. The van der Waals surface area contributed by atoms with Gasteiger partial charge >= 0.3 is 12.1 Å². The molecule has 206 valence electrons. The van der Waals surface area contributed by atoms with Crippen molar-refractivity contribution >= 4 is 24.5 Å². The molecule has 1 saturated heterocycles. The van der Waals surface area contributed by atoms with Gasteiger partial charge in [0.25, 0.3) is 0 Å². The maximum absolute atomic E-state index is 13.5. The molecule has 1 aliphatic heterocycles.